The van der Waals surface area contributed by atoms with E-state index in [4.69, 9.17) is 0 Å². The van der Waals surface area contributed by atoms with Crippen LogP contribution in [0.2, 0.25) is 0 Å². The van der Waals surface area contributed by atoms with E-state index in [1.165, 1.54) is 34.9 Å². The number of H-pyrrole nitrogens is 1. The molecule has 2 aromatic rings. The van der Waals surface area contributed by atoms with E-state index < -0.39 is 11.4 Å². The third-order valence-electron chi connectivity index (χ3n) is 4.36. The van der Waals surface area contributed by atoms with Crippen LogP contribution < -0.4 is 10.0 Å². The van der Waals surface area contributed by atoms with Gasteiger partial charge in [0.15, 0.2) is 0 Å². The van der Waals surface area contributed by atoms with Gasteiger partial charge in [-0.3, -0.25) is 0 Å². The molecule has 0 radical (unpaired) electrons. The molecule has 1 aromatic heterocycles. The number of hydrogen-bond donors (Lipinski definition) is 3. The van der Waals surface area contributed by atoms with Crippen LogP contribution in [0.3, 0.4) is 0 Å². The molecule has 3 rings (SSSR count). The number of rotatable bonds is 5. The summed E-state index contributed by atoms with van der Waals surface area (Å²) in [7, 11) is 1.74. The average Bonchev–Trinajstić information content (AvgIpc) is 2.96. The maximum atomic E-state index is 11.5. The van der Waals surface area contributed by atoms with Gasteiger partial charge in [0, 0.05) is 41.9 Å². The summed E-state index contributed by atoms with van der Waals surface area (Å²) in [6.07, 6.45) is 5.44. The van der Waals surface area contributed by atoms with Gasteiger partial charge in [0.25, 0.3) is 0 Å². The first kappa shape index (κ1) is 14.9. The summed E-state index contributed by atoms with van der Waals surface area (Å²) < 4.78 is 14.3. The zero-order valence-corrected chi connectivity index (χ0v) is 13.3. The predicted molar refractivity (Wildman–Crippen MR) is 88.9 cm³/mol. The molecule has 0 spiro atoms. The monoisotopic (exact) mass is 305 g/mol. The minimum Gasteiger partial charge on any atom is -0.598 e. The molecule has 1 unspecified atom stereocenters. The van der Waals surface area contributed by atoms with Gasteiger partial charge in [0.05, 0.1) is 0 Å². The molecule has 2 heterocycles. The Morgan fingerprint density at radius 1 is 1.33 bits per heavy atom. The van der Waals surface area contributed by atoms with Gasteiger partial charge in [-0.1, -0.05) is 6.07 Å². The van der Waals surface area contributed by atoms with Crippen LogP contribution in [-0.4, -0.2) is 35.4 Å². The number of nitrogens with one attached hydrogen (secondary N) is 3. The molecular formula is C16H23N3OS. The van der Waals surface area contributed by atoms with Crippen LogP contribution in [0.4, 0.5) is 0 Å². The van der Waals surface area contributed by atoms with Gasteiger partial charge in [0.1, 0.15) is 5.75 Å². The lowest BCUT2D eigenvalue weighted by atomic mass is 9.89. The third-order valence-corrected chi connectivity index (χ3v) is 5.39. The Kier molecular flexibility index (Phi) is 4.85. The van der Waals surface area contributed by atoms with Gasteiger partial charge in [-0.05, 0) is 55.1 Å². The molecule has 1 aromatic carbocycles. The number of aromatic amines is 1. The van der Waals surface area contributed by atoms with E-state index in [-0.39, 0.29) is 0 Å². The molecule has 1 saturated heterocycles. The SMILES string of the molecule is CN[S+]([O-])CCc1ccc2[nH]cc(C3CCNCC3)c2c1. The van der Waals surface area contributed by atoms with Crippen molar-refractivity contribution in [2.75, 3.05) is 25.9 Å². The largest absolute Gasteiger partial charge is 0.598 e. The van der Waals surface area contributed by atoms with Crippen LogP contribution in [0.5, 0.6) is 0 Å². The van der Waals surface area contributed by atoms with Gasteiger partial charge < -0.3 is 14.9 Å². The maximum absolute atomic E-state index is 11.5. The fraction of sp³-hybridized carbons (Fsp3) is 0.500. The normalized spacial score (nSPS) is 18.2. The lowest BCUT2D eigenvalue weighted by molar-refractivity contribution is 0.462. The summed E-state index contributed by atoms with van der Waals surface area (Å²) in [4.78, 5) is 3.40. The summed E-state index contributed by atoms with van der Waals surface area (Å²) in [6.45, 7) is 2.22. The zero-order chi connectivity index (χ0) is 14.7. The van der Waals surface area contributed by atoms with Crippen molar-refractivity contribution >= 4 is 22.3 Å². The molecule has 0 aliphatic carbocycles. The summed E-state index contributed by atoms with van der Waals surface area (Å²) >= 11 is -0.927. The highest BCUT2D eigenvalue weighted by Crippen LogP contribution is 2.32. The Balaban J connectivity index is 1.81. The smallest absolute Gasteiger partial charge is 0.129 e. The van der Waals surface area contributed by atoms with Gasteiger partial charge in [-0.25, -0.2) is 0 Å². The molecule has 1 fully saturated rings. The Labute approximate surface area is 129 Å². The van der Waals surface area contributed by atoms with Crippen LogP contribution in [-0.2, 0) is 17.8 Å². The van der Waals surface area contributed by atoms with Crippen molar-refractivity contribution in [2.45, 2.75) is 25.2 Å². The molecule has 5 heteroatoms. The number of fused-ring (bicyclic) bond motifs is 1. The topological polar surface area (TPSA) is 62.9 Å². The van der Waals surface area contributed by atoms with E-state index in [0.29, 0.717) is 11.7 Å². The van der Waals surface area contributed by atoms with E-state index in [9.17, 15) is 4.55 Å². The molecule has 114 valence electrons. The van der Waals surface area contributed by atoms with Crippen molar-refractivity contribution in [3.05, 3.63) is 35.5 Å². The molecule has 1 atom stereocenters. The third kappa shape index (κ3) is 3.43. The van der Waals surface area contributed by atoms with Crippen LogP contribution in [0.15, 0.2) is 24.4 Å². The van der Waals surface area contributed by atoms with E-state index in [2.05, 4.69) is 39.4 Å². The second-order valence-electron chi connectivity index (χ2n) is 5.65. The Hall–Kier alpha value is -1.01. The molecule has 3 N–H and O–H groups in total. The molecular weight excluding hydrogens is 282 g/mol. The number of benzene rings is 1. The second-order valence-corrected chi connectivity index (χ2v) is 7.16. The van der Waals surface area contributed by atoms with Gasteiger partial charge >= 0.3 is 0 Å². The molecule has 1 aliphatic heterocycles. The lowest BCUT2D eigenvalue weighted by Crippen LogP contribution is -2.26. The molecule has 0 bridgehead atoms. The number of aryl methyl sites for hydroxylation is 1. The molecule has 0 saturated carbocycles. The highest BCUT2D eigenvalue weighted by Gasteiger charge is 2.18. The summed E-state index contributed by atoms with van der Waals surface area (Å²) in [5.74, 6) is 1.32. The zero-order valence-electron chi connectivity index (χ0n) is 12.4. The highest BCUT2D eigenvalue weighted by molar-refractivity contribution is 7.89. The quantitative estimate of drug-likeness (QED) is 0.741. The van der Waals surface area contributed by atoms with Gasteiger partial charge in [0.2, 0.25) is 0 Å². The van der Waals surface area contributed by atoms with Gasteiger partial charge in [-0.2, -0.15) is 0 Å². The Morgan fingerprint density at radius 3 is 2.90 bits per heavy atom. The maximum Gasteiger partial charge on any atom is 0.129 e. The van der Waals surface area contributed by atoms with Crippen molar-refractivity contribution in [3.8, 4) is 0 Å². The predicted octanol–water partition coefficient (Wildman–Crippen LogP) is 2.06. The number of piperidine rings is 1. The molecule has 1 aliphatic rings. The van der Waals surface area contributed by atoms with E-state index in [1.807, 2.05) is 0 Å². The first-order chi connectivity index (χ1) is 10.3. The van der Waals surface area contributed by atoms with Crippen molar-refractivity contribution < 1.29 is 4.55 Å². The highest BCUT2D eigenvalue weighted by atomic mass is 32.2. The van der Waals surface area contributed by atoms with Crippen molar-refractivity contribution in [2.24, 2.45) is 0 Å². The summed E-state index contributed by atoms with van der Waals surface area (Å²) in [6, 6.07) is 6.56. The summed E-state index contributed by atoms with van der Waals surface area (Å²) in [5.41, 5.74) is 3.92. The molecule has 4 nitrogen and oxygen atoms in total. The average molecular weight is 305 g/mol. The van der Waals surface area contributed by atoms with Crippen LogP contribution >= 0.6 is 0 Å². The fourth-order valence-electron chi connectivity index (χ4n) is 3.13. The minimum absolute atomic E-state index is 0.654. The van der Waals surface area contributed by atoms with Crippen molar-refractivity contribution in [1.82, 2.24) is 15.0 Å². The fourth-order valence-corrected chi connectivity index (χ4v) is 3.75. The second kappa shape index (κ2) is 6.83. The minimum atomic E-state index is -0.927. The summed E-state index contributed by atoms with van der Waals surface area (Å²) in [5, 5.41) is 4.77. The van der Waals surface area contributed by atoms with E-state index in [1.54, 1.807) is 7.05 Å². The van der Waals surface area contributed by atoms with Gasteiger partial charge in [-0.15, -0.1) is 4.72 Å². The van der Waals surface area contributed by atoms with Crippen molar-refractivity contribution in [3.63, 3.8) is 0 Å². The first-order valence-corrected chi connectivity index (χ1v) is 8.96. The first-order valence-electron chi connectivity index (χ1n) is 7.64. The molecule has 0 amide bonds. The molecule has 21 heavy (non-hydrogen) atoms. The van der Waals surface area contributed by atoms with Crippen LogP contribution in [0.1, 0.15) is 29.9 Å². The van der Waals surface area contributed by atoms with Crippen LogP contribution in [0, 0.1) is 0 Å². The Bertz CT molecular complexity index is 592. The number of aromatic nitrogens is 1. The number of hydrogen-bond acceptors (Lipinski definition) is 3. The van der Waals surface area contributed by atoms with Crippen molar-refractivity contribution in [1.29, 1.82) is 0 Å². The van der Waals surface area contributed by atoms with E-state index in [0.717, 1.165) is 19.5 Å². The Morgan fingerprint density at radius 2 is 2.14 bits per heavy atom. The van der Waals surface area contributed by atoms with Crippen LogP contribution in [0.25, 0.3) is 10.9 Å². The van der Waals surface area contributed by atoms with E-state index >= 15 is 0 Å². The standard InChI is InChI=1S/C16H23N3OS/c1-17-21(20)9-6-12-2-3-16-14(10-12)15(11-19-16)13-4-7-18-8-5-13/h2-3,10-11,13,17-19H,4-9H2,1H3. The lowest BCUT2D eigenvalue weighted by Gasteiger charge is -2.22.